The third-order valence-electron chi connectivity index (χ3n) is 10.1. The number of hydrogen-bond acceptors (Lipinski definition) is 9. The van der Waals surface area contributed by atoms with Crippen molar-refractivity contribution < 1.29 is 13.9 Å². The first-order chi connectivity index (χ1) is 23.3. The number of rotatable bonds is 8. The fourth-order valence-corrected chi connectivity index (χ4v) is 7.35. The van der Waals surface area contributed by atoms with E-state index in [1.54, 1.807) is 28.2 Å². The van der Waals surface area contributed by atoms with E-state index in [-0.39, 0.29) is 24.2 Å². The predicted molar refractivity (Wildman–Crippen MR) is 182 cm³/mol. The van der Waals surface area contributed by atoms with Crippen molar-refractivity contribution >= 4 is 33.9 Å². The molecule has 0 saturated carbocycles. The van der Waals surface area contributed by atoms with Gasteiger partial charge in [-0.25, -0.2) is 9.37 Å². The third kappa shape index (κ3) is 5.94. The molecule has 48 heavy (non-hydrogen) atoms. The zero-order valence-corrected chi connectivity index (χ0v) is 27.5. The van der Waals surface area contributed by atoms with E-state index in [0.29, 0.717) is 69.1 Å². The molecule has 3 aliphatic heterocycles. The molecule has 0 aliphatic carbocycles. The first-order valence-electron chi connectivity index (χ1n) is 16.6. The lowest BCUT2D eigenvalue weighted by atomic mass is 9.99. The number of carbonyl (C=O) groups excluding carboxylic acids is 1. The van der Waals surface area contributed by atoms with E-state index in [9.17, 15) is 14.4 Å². The van der Waals surface area contributed by atoms with E-state index in [1.807, 2.05) is 25.1 Å². The Kier molecular flexibility index (Phi) is 8.71. The number of halogens is 1. The molecule has 4 aromatic rings. The van der Waals surface area contributed by atoms with Crippen LogP contribution in [-0.2, 0) is 17.8 Å². The van der Waals surface area contributed by atoms with Crippen LogP contribution in [0.3, 0.4) is 0 Å². The molecule has 2 aromatic carbocycles. The summed E-state index contributed by atoms with van der Waals surface area (Å²) in [5, 5.41) is 11.7. The van der Waals surface area contributed by atoms with Crippen LogP contribution in [0.5, 0.6) is 6.01 Å². The summed E-state index contributed by atoms with van der Waals surface area (Å²) in [5.74, 6) is 0.348. The number of piperazine rings is 1. The van der Waals surface area contributed by atoms with Crippen LogP contribution in [0.4, 0.5) is 15.9 Å². The first-order valence-corrected chi connectivity index (χ1v) is 16.6. The summed E-state index contributed by atoms with van der Waals surface area (Å²) in [5.41, 5.74) is 3.81. The molecule has 1 amide bonds. The summed E-state index contributed by atoms with van der Waals surface area (Å²) in [6.45, 7) is 9.98. The topological polar surface area (TPSA) is 107 Å². The molecular weight excluding hydrogens is 609 g/mol. The van der Waals surface area contributed by atoms with Gasteiger partial charge >= 0.3 is 6.01 Å². The van der Waals surface area contributed by atoms with Gasteiger partial charge < -0.3 is 28.9 Å². The highest BCUT2D eigenvalue weighted by molar-refractivity contribution is 6.12. The molecule has 2 fully saturated rings. The molecule has 2 aromatic heterocycles. The van der Waals surface area contributed by atoms with Crippen LogP contribution in [-0.4, -0.2) is 93.7 Å². The molecule has 0 spiro atoms. The van der Waals surface area contributed by atoms with Gasteiger partial charge in [-0.15, -0.1) is 0 Å². The maximum Gasteiger partial charge on any atom is 0.318 e. The third-order valence-corrected chi connectivity index (χ3v) is 10.1. The van der Waals surface area contributed by atoms with Crippen LogP contribution in [0.2, 0.25) is 0 Å². The van der Waals surface area contributed by atoms with Crippen LogP contribution in [0.15, 0.2) is 55.6 Å². The lowest BCUT2D eigenvalue weighted by molar-refractivity contribution is -0.128. The van der Waals surface area contributed by atoms with Gasteiger partial charge in [0.25, 0.3) is 5.91 Å². The Morgan fingerprint density at radius 1 is 1.12 bits per heavy atom. The Hall–Kier alpha value is -5.02. The van der Waals surface area contributed by atoms with Gasteiger partial charge in [-0.3, -0.25) is 4.79 Å². The number of aromatic nitrogens is 4. The van der Waals surface area contributed by atoms with Crippen molar-refractivity contribution in [1.82, 2.24) is 29.3 Å². The average molecular weight is 650 g/mol. The number of fused-ring (bicyclic) bond motifs is 2. The zero-order chi connectivity index (χ0) is 33.4. The van der Waals surface area contributed by atoms with Crippen LogP contribution in [0.1, 0.15) is 36.1 Å². The highest BCUT2D eigenvalue weighted by atomic mass is 19.1. The maximum atomic E-state index is 14.7. The molecule has 3 aliphatic rings. The Balaban J connectivity index is 1.20. The Morgan fingerprint density at radius 2 is 2.00 bits per heavy atom. The van der Waals surface area contributed by atoms with E-state index >= 15 is 0 Å². The number of nitriles is 1. The van der Waals surface area contributed by atoms with Crippen LogP contribution < -0.4 is 14.5 Å². The van der Waals surface area contributed by atoms with Crippen LogP contribution in [0, 0.1) is 24.1 Å². The summed E-state index contributed by atoms with van der Waals surface area (Å²) in [7, 11) is 2.12. The van der Waals surface area contributed by atoms with Crippen molar-refractivity contribution in [2.45, 2.75) is 51.2 Å². The van der Waals surface area contributed by atoms with Gasteiger partial charge in [0.1, 0.15) is 23.9 Å². The zero-order valence-electron chi connectivity index (χ0n) is 27.5. The van der Waals surface area contributed by atoms with E-state index in [0.717, 1.165) is 52.9 Å². The van der Waals surface area contributed by atoms with Gasteiger partial charge in [0.15, 0.2) is 0 Å². The molecule has 0 bridgehead atoms. The molecule has 0 radical (unpaired) electrons. The fraction of sp³-hybridized carbons (Fsp3) is 0.417. The van der Waals surface area contributed by atoms with Crippen molar-refractivity contribution in [1.29, 1.82) is 5.26 Å². The molecule has 0 N–H and O–H groups in total. The number of likely N-dealkylation sites (tertiary alicyclic amines) is 1. The molecule has 7 rings (SSSR count). The van der Waals surface area contributed by atoms with Crippen molar-refractivity contribution in [2.24, 2.45) is 0 Å². The summed E-state index contributed by atoms with van der Waals surface area (Å²) in [4.78, 5) is 36.0. The number of ether oxygens (including phenoxy) is 1. The monoisotopic (exact) mass is 649 g/mol. The number of hydrogen-bond donors (Lipinski definition) is 0. The highest BCUT2D eigenvalue weighted by Crippen LogP contribution is 2.36. The molecule has 12 heteroatoms. The summed E-state index contributed by atoms with van der Waals surface area (Å²) in [6.07, 6.45) is 7.90. The molecule has 2 saturated heterocycles. The van der Waals surface area contributed by atoms with Crippen molar-refractivity contribution in [3.05, 3.63) is 78.3 Å². The van der Waals surface area contributed by atoms with Crippen molar-refractivity contribution in [3.63, 3.8) is 0 Å². The lowest BCUT2D eigenvalue weighted by Gasteiger charge is -2.42. The maximum absolute atomic E-state index is 14.7. The number of imidazole rings is 1. The minimum absolute atomic E-state index is 0.175. The molecular formula is C36H40FN9O2. The number of likely N-dealkylation sites (N-methyl/N-ethyl adjacent to an activating group) is 1. The quantitative estimate of drug-likeness (QED) is 0.257. The summed E-state index contributed by atoms with van der Waals surface area (Å²) < 4.78 is 22.7. The first kappa shape index (κ1) is 31.6. The number of benzene rings is 2. The van der Waals surface area contributed by atoms with E-state index in [1.165, 1.54) is 6.07 Å². The SMILES string of the molecule is C=C(C(=O)N1CCN(c2nc(OC[C@@H]3CCCN3C)nc3c2CCN(c2cccc4ccc(F)c(C)c24)C3)C[C@@H]1CC#N)n1ccnc1. The summed E-state index contributed by atoms with van der Waals surface area (Å²) >= 11 is 0. The van der Waals surface area contributed by atoms with E-state index in [2.05, 4.69) is 45.4 Å². The lowest BCUT2D eigenvalue weighted by Crippen LogP contribution is -2.56. The smallest absolute Gasteiger partial charge is 0.318 e. The Morgan fingerprint density at radius 3 is 2.77 bits per heavy atom. The normalized spacial score (nSPS) is 19.8. The molecule has 5 heterocycles. The van der Waals surface area contributed by atoms with Crippen LogP contribution >= 0.6 is 0 Å². The van der Waals surface area contributed by atoms with Gasteiger partial charge in [0.2, 0.25) is 0 Å². The molecule has 0 unspecified atom stereocenters. The minimum atomic E-state index is -0.354. The molecule has 248 valence electrons. The van der Waals surface area contributed by atoms with Gasteiger partial charge in [-0.2, -0.15) is 15.2 Å². The van der Waals surface area contributed by atoms with Crippen molar-refractivity contribution in [2.75, 3.05) is 56.2 Å². The summed E-state index contributed by atoms with van der Waals surface area (Å²) in [6, 6.07) is 12.0. The molecule has 11 nitrogen and oxygen atoms in total. The van der Waals surface area contributed by atoms with Crippen LogP contribution in [0.25, 0.3) is 16.5 Å². The number of amides is 1. The van der Waals surface area contributed by atoms with Gasteiger partial charge in [-0.1, -0.05) is 24.8 Å². The van der Waals surface area contributed by atoms with E-state index in [4.69, 9.17) is 14.7 Å². The van der Waals surface area contributed by atoms with Gasteiger partial charge in [0.05, 0.1) is 37.1 Å². The van der Waals surface area contributed by atoms with Gasteiger partial charge in [0, 0.05) is 61.3 Å². The highest BCUT2D eigenvalue weighted by Gasteiger charge is 2.35. The number of aryl methyl sites for hydroxylation is 1. The number of nitrogens with zero attached hydrogens (tertiary/aromatic N) is 9. The Bertz CT molecular complexity index is 1890. The van der Waals surface area contributed by atoms with Gasteiger partial charge in [-0.05, 0) is 62.9 Å². The number of anilines is 2. The second-order valence-corrected chi connectivity index (χ2v) is 12.9. The predicted octanol–water partition coefficient (Wildman–Crippen LogP) is 4.41. The average Bonchev–Trinajstić information content (AvgIpc) is 3.80. The second kappa shape index (κ2) is 13.2. The molecule has 2 atom stereocenters. The fourth-order valence-electron chi connectivity index (χ4n) is 7.35. The second-order valence-electron chi connectivity index (χ2n) is 12.9. The van der Waals surface area contributed by atoms with E-state index < -0.39 is 0 Å². The minimum Gasteiger partial charge on any atom is -0.462 e. The van der Waals surface area contributed by atoms with Crippen molar-refractivity contribution in [3.8, 4) is 12.1 Å². The largest absolute Gasteiger partial charge is 0.462 e. The number of carbonyl (C=O) groups is 1. The Labute approximate surface area is 279 Å². The standard InChI is InChI=1S/C36H40FN9O2/c1-24-30(37)10-9-26-6-4-8-32(33(24)26)43-16-12-29-31(21-43)40-36(48-22-28-7-5-15-42(28)3)41-34(29)44-18-19-46(27(20-44)11-13-38)35(47)25(2)45-17-14-39-23-45/h4,6,8-10,14,17,23,27-28H,2,5,7,11-12,15-16,18-22H2,1,3H3/t27-,28-/m0/s1.